The number of hydrogen-bond donors (Lipinski definition) is 1. The van der Waals surface area contributed by atoms with E-state index in [1.54, 1.807) is 0 Å². The summed E-state index contributed by atoms with van der Waals surface area (Å²) in [6.45, 7) is 10.0. The molecule has 1 rings (SSSR count). The van der Waals surface area contributed by atoms with Crippen LogP contribution in [0.15, 0.2) is 0 Å². The van der Waals surface area contributed by atoms with Crippen molar-refractivity contribution in [2.24, 2.45) is 5.92 Å². The van der Waals surface area contributed by atoms with Gasteiger partial charge in [-0.1, -0.05) is 142 Å². The smallest absolute Gasteiger partial charge is 0.305 e. The first-order valence-electron chi connectivity index (χ1n) is 19.9. The van der Waals surface area contributed by atoms with Gasteiger partial charge in [-0.15, -0.1) is 0 Å². The molecule has 6 nitrogen and oxygen atoms in total. The van der Waals surface area contributed by atoms with Gasteiger partial charge in [-0.05, 0) is 57.7 Å². The van der Waals surface area contributed by atoms with Crippen LogP contribution < -0.4 is 5.32 Å². The van der Waals surface area contributed by atoms with Crippen molar-refractivity contribution in [2.75, 3.05) is 45.9 Å². The average molecular weight is 637 g/mol. The minimum atomic E-state index is -0.0670. The Kier molecular flexibility index (Phi) is 30.5. The van der Waals surface area contributed by atoms with Gasteiger partial charge in [0, 0.05) is 25.9 Å². The van der Waals surface area contributed by atoms with Crippen LogP contribution in [0.25, 0.3) is 0 Å². The fraction of sp³-hybridized carbons (Fsp3) is 0.949. The average Bonchev–Trinajstić information content (AvgIpc) is 3.05. The Labute approximate surface area is 279 Å². The molecule has 1 aliphatic rings. The SMILES string of the molecule is CCCCCCCCCCCCCC(=O)OCCN(CCOC(=O)CCCCCCCCCCCCC)CCC1CCNCC1. The molecular formula is C39H76N2O4. The normalized spacial score (nSPS) is 13.8. The van der Waals surface area contributed by atoms with Crippen LogP contribution in [-0.2, 0) is 19.1 Å². The molecule has 266 valence electrons. The summed E-state index contributed by atoms with van der Waals surface area (Å²) in [4.78, 5) is 27.0. The Balaban J connectivity index is 2.13. The fourth-order valence-electron chi connectivity index (χ4n) is 6.46. The quantitative estimate of drug-likeness (QED) is 0.0571. The van der Waals surface area contributed by atoms with Gasteiger partial charge in [0.05, 0.1) is 0 Å². The number of rotatable bonds is 33. The molecule has 1 N–H and O–H groups in total. The zero-order valence-corrected chi connectivity index (χ0v) is 30.2. The van der Waals surface area contributed by atoms with Gasteiger partial charge in [-0.2, -0.15) is 0 Å². The number of hydrogen-bond acceptors (Lipinski definition) is 6. The molecule has 1 saturated heterocycles. The van der Waals surface area contributed by atoms with Crippen molar-refractivity contribution in [2.45, 2.75) is 187 Å². The Morgan fingerprint density at radius 1 is 0.533 bits per heavy atom. The highest BCUT2D eigenvalue weighted by Gasteiger charge is 2.16. The highest BCUT2D eigenvalue weighted by atomic mass is 16.5. The number of unbranched alkanes of at least 4 members (excludes halogenated alkanes) is 20. The third kappa shape index (κ3) is 28.8. The summed E-state index contributed by atoms with van der Waals surface area (Å²) in [7, 11) is 0. The second-order valence-electron chi connectivity index (χ2n) is 13.8. The number of ether oxygens (including phenoxy) is 2. The number of carbonyl (C=O) groups excluding carboxylic acids is 2. The van der Waals surface area contributed by atoms with Crippen molar-refractivity contribution in [3.8, 4) is 0 Å². The maximum Gasteiger partial charge on any atom is 0.305 e. The van der Waals surface area contributed by atoms with Crippen molar-refractivity contribution in [3.05, 3.63) is 0 Å². The van der Waals surface area contributed by atoms with Crippen LogP contribution in [0.2, 0.25) is 0 Å². The molecule has 0 bridgehead atoms. The predicted molar refractivity (Wildman–Crippen MR) is 191 cm³/mol. The zero-order chi connectivity index (χ0) is 32.5. The summed E-state index contributed by atoms with van der Waals surface area (Å²) < 4.78 is 11.2. The lowest BCUT2D eigenvalue weighted by Gasteiger charge is -2.27. The second kappa shape index (κ2) is 32.8. The molecule has 0 amide bonds. The van der Waals surface area contributed by atoms with Crippen LogP contribution in [0, 0.1) is 5.92 Å². The van der Waals surface area contributed by atoms with E-state index in [1.807, 2.05) is 0 Å². The van der Waals surface area contributed by atoms with Gasteiger partial charge in [-0.3, -0.25) is 14.5 Å². The van der Waals surface area contributed by atoms with E-state index in [2.05, 4.69) is 24.1 Å². The molecule has 0 saturated carbocycles. The minimum absolute atomic E-state index is 0.0670. The van der Waals surface area contributed by atoms with Crippen LogP contribution in [0.5, 0.6) is 0 Å². The molecule has 0 aromatic rings. The Morgan fingerprint density at radius 2 is 0.889 bits per heavy atom. The van der Waals surface area contributed by atoms with Gasteiger partial charge in [0.25, 0.3) is 0 Å². The molecule has 1 heterocycles. The summed E-state index contributed by atoms with van der Waals surface area (Å²) in [5, 5.41) is 3.45. The van der Waals surface area contributed by atoms with Crippen molar-refractivity contribution in [3.63, 3.8) is 0 Å². The van der Waals surface area contributed by atoms with Crippen LogP contribution in [-0.4, -0.2) is 62.8 Å². The molecule has 0 aromatic carbocycles. The van der Waals surface area contributed by atoms with E-state index < -0.39 is 0 Å². The molecule has 0 aliphatic carbocycles. The van der Waals surface area contributed by atoms with Gasteiger partial charge in [0.2, 0.25) is 0 Å². The number of carbonyl (C=O) groups is 2. The van der Waals surface area contributed by atoms with Crippen LogP contribution in [0.1, 0.15) is 187 Å². The van der Waals surface area contributed by atoms with Crippen LogP contribution >= 0.6 is 0 Å². The van der Waals surface area contributed by atoms with E-state index >= 15 is 0 Å². The first-order chi connectivity index (χ1) is 22.2. The molecular weight excluding hydrogens is 560 g/mol. The van der Waals surface area contributed by atoms with Crippen molar-refractivity contribution < 1.29 is 19.1 Å². The number of nitrogens with one attached hydrogen (secondary N) is 1. The van der Waals surface area contributed by atoms with Crippen molar-refractivity contribution in [1.29, 1.82) is 0 Å². The van der Waals surface area contributed by atoms with Crippen molar-refractivity contribution in [1.82, 2.24) is 10.2 Å². The zero-order valence-electron chi connectivity index (χ0n) is 30.2. The second-order valence-corrected chi connectivity index (χ2v) is 13.8. The topological polar surface area (TPSA) is 67.9 Å². The molecule has 0 aromatic heterocycles. The van der Waals surface area contributed by atoms with Gasteiger partial charge >= 0.3 is 11.9 Å². The summed E-state index contributed by atoms with van der Waals surface area (Å²) in [6.07, 6.45) is 32.9. The summed E-state index contributed by atoms with van der Waals surface area (Å²) >= 11 is 0. The molecule has 0 unspecified atom stereocenters. The number of esters is 2. The molecule has 0 atom stereocenters. The lowest BCUT2D eigenvalue weighted by Crippen LogP contribution is -2.35. The van der Waals surface area contributed by atoms with Gasteiger partial charge in [0.1, 0.15) is 13.2 Å². The number of piperidine rings is 1. The van der Waals surface area contributed by atoms with Crippen LogP contribution in [0.4, 0.5) is 0 Å². The molecule has 45 heavy (non-hydrogen) atoms. The van der Waals surface area contributed by atoms with Crippen LogP contribution in [0.3, 0.4) is 0 Å². The standard InChI is InChI=1S/C39H76N2O4/c1-3-5-7-9-11-13-15-17-19-21-23-25-38(42)44-35-33-41(32-29-37-27-30-40-31-28-37)34-36-45-39(43)26-24-22-20-18-16-14-12-10-8-6-4-2/h37,40H,3-36H2,1-2H3. The maximum absolute atomic E-state index is 12.3. The predicted octanol–water partition coefficient (Wildman–Crippen LogP) is 10.2. The highest BCUT2D eigenvalue weighted by Crippen LogP contribution is 2.17. The van der Waals surface area contributed by atoms with E-state index in [1.165, 1.54) is 128 Å². The van der Waals surface area contributed by atoms with E-state index in [0.29, 0.717) is 39.1 Å². The van der Waals surface area contributed by atoms with Gasteiger partial charge in [0.15, 0.2) is 0 Å². The van der Waals surface area contributed by atoms with E-state index in [-0.39, 0.29) is 11.9 Å². The fourth-order valence-corrected chi connectivity index (χ4v) is 6.46. The molecule has 0 radical (unpaired) electrons. The summed E-state index contributed by atoms with van der Waals surface area (Å²) in [6, 6.07) is 0. The Morgan fingerprint density at radius 3 is 1.27 bits per heavy atom. The largest absolute Gasteiger partial charge is 0.464 e. The van der Waals surface area contributed by atoms with Crippen molar-refractivity contribution >= 4 is 11.9 Å². The maximum atomic E-state index is 12.3. The molecule has 1 aliphatic heterocycles. The van der Waals surface area contributed by atoms with E-state index in [0.717, 1.165) is 57.7 Å². The monoisotopic (exact) mass is 637 g/mol. The third-order valence-corrected chi connectivity index (χ3v) is 9.62. The lowest BCUT2D eigenvalue weighted by molar-refractivity contribution is -0.144. The first kappa shape index (κ1) is 41.9. The van der Waals surface area contributed by atoms with E-state index in [9.17, 15) is 9.59 Å². The van der Waals surface area contributed by atoms with Gasteiger partial charge < -0.3 is 14.8 Å². The Hall–Kier alpha value is -1.14. The third-order valence-electron chi connectivity index (χ3n) is 9.62. The molecule has 0 spiro atoms. The summed E-state index contributed by atoms with van der Waals surface area (Å²) in [5.41, 5.74) is 0. The Bertz CT molecular complexity index is 609. The van der Waals surface area contributed by atoms with Gasteiger partial charge in [-0.25, -0.2) is 0 Å². The number of nitrogens with zero attached hydrogens (tertiary/aromatic N) is 1. The minimum Gasteiger partial charge on any atom is -0.464 e. The lowest BCUT2D eigenvalue weighted by atomic mass is 9.94. The van der Waals surface area contributed by atoms with E-state index in [4.69, 9.17) is 9.47 Å². The first-order valence-corrected chi connectivity index (χ1v) is 19.9. The molecule has 6 heteroatoms. The summed E-state index contributed by atoms with van der Waals surface area (Å²) in [5.74, 6) is 0.617. The highest BCUT2D eigenvalue weighted by molar-refractivity contribution is 5.69. The molecule has 1 fully saturated rings.